The lowest BCUT2D eigenvalue weighted by molar-refractivity contribution is -0.143. The third-order valence-corrected chi connectivity index (χ3v) is 3.36. The van der Waals surface area contributed by atoms with E-state index in [0.717, 1.165) is 15.8 Å². The minimum Gasteiger partial charge on any atom is -0.340 e. The fraction of sp³-hybridized carbons (Fsp3) is 0.667. The van der Waals surface area contributed by atoms with Crippen LogP contribution in [0.5, 0.6) is 0 Å². The molecule has 132 valence electrons. The van der Waals surface area contributed by atoms with Crippen LogP contribution in [-0.2, 0) is 24.6 Å². The van der Waals surface area contributed by atoms with Crippen molar-refractivity contribution in [2.45, 2.75) is 31.1 Å². The number of alkyl halides is 5. The summed E-state index contributed by atoms with van der Waals surface area (Å²) < 4.78 is 65.6. The lowest BCUT2D eigenvalue weighted by Crippen LogP contribution is -2.41. The van der Waals surface area contributed by atoms with E-state index in [-0.39, 0.29) is 24.5 Å². The second-order valence-electron chi connectivity index (χ2n) is 5.36. The molecule has 1 fully saturated rings. The number of halogens is 6. The summed E-state index contributed by atoms with van der Waals surface area (Å²) in [5.74, 6) is -3.65. The van der Waals surface area contributed by atoms with Crippen LogP contribution in [0.1, 0.15) is 17.7 Å². The largest absolute Gasteiger partial charge is 0.435 e. The van der Waals surface area contributed by atoms with Crippen LogP contribution in [0.3, 0.4) is 0 Å². The summed E-state index contributed by atoms with van der Waals surface area (Å²) in [7, 11) is 2.60. The van der Waals surface area contributed by atoms with Crippen molar-refractivity contribution in [1.29, 1.82) is 0 Å². The molecular weight excluding hydrogens is 347 g/mol. The molecule has 1 unspecified atom stereocenters. The summed E-state index contributed by atoms with van der Waals surface area (Å²) >= 11 is 0. The molecule has 0 aliphatic carbocycles. The molecule has 2 heterocycles. The van der Waals surface area contributed by atoms with E-state index >= 15 is 0 Å². The van der Waals surface area contributed by atoms with E-state index in [1.165, 1.54) is 14.1 Å². The molecule has 0 saturated carbocycles. The fourth-order valence-corrected chi connectivity index (χ4v) is 2.38. The van der Waals surface area contributed by atoms with Crippen molar-refractivity contribution in [3.8, 4) is 0 Å². The summed E-state index contributed by atoms with van der Waals surface area (Å²) in [6.45, 7) is -0.969. The highest BCUT2D eigenvalue weighted by molar-refractivity contribution is 5.85. The Kier molecular flexibility index (Phi) is 5.63. The van der Waals surface area contributed by atoms with E-state index in [0.29, 0.717) is 0 Å². The topological polar surface area (TPSA) is 50.2 Å². The summed E-state index contributed by atoms with van der Waals surface area (Å²) in [6, 6.07) is -1.09. The van der Waals surface area contributed by atoms with Crippen molar-refractivity contribution in [1.82, 2.24) is 20.0 Å². The molecule has 1 aliphatic rings. The second-order valence-corrected chi connectivity index (χ2v) is 5.36. The van der Waals surface area contributed by atoms with Gasteiger partial charge in [0.15, 0.2) is 5.69 Å². The molecule has 23 heavy (non-hydrogen) atoms. The molecule has 0 radical (unpaired) electrons. The van der Waals surface area contributed by atoms with Crippen molar-refractivity contribution >= 4 is 18.3 Å². The van der Waals surface area contributed by atoms with E-state index < -0.39 is 42.7 Å². The molecule has 0 bridgehead atoms. The van der Waals surface area contributed by atoms with Crippen LogP contribution in [0.4, 0.5) is 22.0 Å². The van der Waals surface area contributed by atoms with Crippen LogP contribution in [0, 0.1) is 0 Å². The van der Waals surface area contributed by atoms with Crippen LogP contribution >= 0.6 is 12.4 Å². The number of nitrogens with zero attached hydrogens (tertiary/aromatic N) is 3. The maximum absolute atomic E-state index is 13.1. The van der Waals surface area contributed by atoms with Gasteiger partial charge in [0.25, 0.3) is 5.92 Å². The number of rotatable bonds is 3. The molecular formula is C12H16ClF5N4O. The summed E-state index contributed by atoms with van der Waals surface area (Å²) in [5, 5.41) is 5.71. The fourth-order valence-electron chi connectivity index (χ4n) is 2.38. The molecule has 11 heteroatoms. The molecule has 1 aliphatic heterocycles. The maximum Gasteiger partial charge on any atom is 0.435 e. The number of amides is 1. The Morgan fingerprint density at radius 2 is 2.13 bits per heavy atom. The van der Waals surface area contributed by atoms with Gasteiger partial charge in [-0.05, 0) is 0 Å². The Hall–Kier alpha value is -1.42. The van der Waals surface area contributed by atoms with Gasteiger partial charge in [0.2, 0.25) is 5.91 Å². The van der Waals surface area contributed by atoms with Crippen molar-refractivity contribution < 1.29 is 26.7 Å². The predicted molar refractivity (Wildman–Crippen MR) is 73.3 cm³/mol. The van der Waals surface area contributed by atoms with Crippen molar-refractivity contribution in [3.63, 3.8) is 0 Å². The molecule has 0 aromatic carbocycles. The van der Waals surface area contributed by atoms with Gasteiger partial charge in [0.1, 0.15) is 0 Å². The highest BCUT2D eigenvalue weighted by Crippen LogP contribution is 2.31. The summed E-state index contributed by atoms with van der Waals surface area (Å²) in [5.41, 5.74) is -1.27. The van der Waals surface area contributed by atoms with Crippen LogP contribution in [0.25, 0.3) is 0 Å². The number of aromatic nitrogens is 2. The van der Waals surface area contributed by atoms with Crippen molar-refractivity contribution in [3.05, 3.63) is 17.5 Å². The zero-order chi connectivity index (χ0) is 16.7. The molecule has 1 aromatic rings. The Morgan fingerprint density at radius 3 is 2.61 bits per heavy atom. The number of hydrogen-bond acceptors (Lipinski definition) is 3. The van der Waals surface area contributed by atoms with Gasteiger partial charge in [0.05, 0.1) is 12.6 Å². The lowest BCUT2D eigenvalue weighted by atomic mass is 10.1. The molecule has 5 nitrogen and oxygen atoms in total. The molecule has 1 atom stereocenters. The first kappa shape index (κ1) is 19.6. The average molecular weight is 363 g/mol. The van der Waals surface area contributed by atoms with Crippen LogP contribution in [-0.4, -0.2) is 46.1 Å². The number of nitrogens with one attached hydrogen (secondary N) is 1. The van der Waals surface area contributed by atoms with Crippen molar-refractivity contribution in [2.24, 2.45) is 7.05 Å². The molecule has 2 rings (SSSR count). The smallest absolute Gasteiger partial charge is 0.340 e. The SMILES string of the molecule is CN(Cc1cn(C)nc1C(F)(F)F)C(=O)C1CC(F)(F)CN1.Cl. The first-order valence-corrected chi connectivity index (χ1v) is 6.45. The minimum atomic E-state index is -4.64. The quantitative estimate of drug-likeness (QED) is 0.834. The molecule has 1 N–H and O–H groups in total. The zero-order valence-electron chi connectivity index (χ0n) is 12.3. The van der Waals surface area contributed by atoms with Crippen LogP contribution < -0.4 is 5.32 Å². The van der Waals surface area contributed by atoms with Gasteiger partial charge in [-0.3, -0.25) is 14.8 Å². The summed E-state index contributed by atoms with van der Waals surface area (Å²) in [6.07, 6.45) is -4.14. The van der Waals surface area contributed by atoms with Crippen molar-refractivity contribution in [2.75, 3.05) is 13.6 Å². The van der Waals surface area contributed by atoms with E-state index in [2.05, 4.69) is 10.4 Å². The van der Waals surface area contributed by atoms with Gasteiger partial charge in [-0.1, -0.05) is 0 Å². The first-order chi connectivity index (χ1) is 9.99. The number of carbonyl (C=O) groups excluding carboxylic acids is 1. The minimum absolute atomic E-state index is 0. The second kappa shape index (κ2) is 6.60. The Balaban J connectivity index is 0.00000264. The monoisotopic (exact) mass is 362 g/mol. The summed E-state index contributed by atoms with van der Waals surface area (Å²) in [4.78, 5) is 13.0. The Morgan fingerprint density at radius 1 is 1.52 bits per heavy atom. The van der Waals surface area contributed by atoms with Gasteiger partial charge < -0.3 is 4.90 Å². The highest BCUT2D eigenvalue weighted by atomic mass is 35.5. The third-order valence-electron chi connectivity index (χ3n) is 3.36. The van der Waals surface area contributed by atoms with Gasteiger partial charge in [-0.15, -0.1) is 12.4 Å². The standard InChI is InChI=1S/C12H15F5N4O.ClH/c1-20(10(22)8-3-11(13,14)6-18-8)4-7-5-21(2)19-9(7)12(15,16)17;/h5,8,18H,3-4,6H2,1-2H3;1H. The molecule has 1 saturated heterocycles. The molecule has 1 aromatic heterocycles. The van der Waals surface area contributed by atoms with Crippen LogP contribution in [0.15, 0.2) is 6.20 Å². The van der Waals surface area contributed by atoms with Gasteiger partial charge in [0, 0.05) is 38.8 Å². The number of likely N-dealkylation sites (N-methyl/N-ethyl adjacent to an activating group) is 1. The Bertz CT molecular complexity index is 574. The van der Waals surface area contributed by atoms with E-state index in [4.69, 9.17) is 0 Å². The maximum atomic E-state index is 13.1. The van der Waals surface area contributed by atoms with Gasteiger partial charge >= 0.3 is 6.18 Å². The van der Waals surface area contributed by atoms with Gasteiger partial charge in [-0.2, -0.15) is 18.3 Å². The van der Waals surface area contributed by atoms with E-state index in [1.807, 2.05) is 0 Å². The third kappa shape index (κ3) is 4.54. The normalized spacial score (nSPS) is 20.2. The number of carbonyl (C=O) groups is 1. The molecule has 1 amide bonds. The number of hydrogen-bond donors (Lipinski definition) is 1. The lowest BCUT2D eigenvalue weighted by Gasteiger charge is -2.21. The molecule has 0 spiro atoms. The average Bonchev–Trinajstić information content (AvgIpc) is 2.90. The van der Waals surface area contributed by atoms with Crippen LogP contribution in [0.2, 0.25) is 0 Å². The zero-order valence-corrected chi connectivity index (χ0v) is 13.1. The van der Waals surface area contributed by atoms with E-state index in [1.54, 1.807) is 0 Å². The predicted octanol–water partition coefficient (Wildman–Crippen LogP) is 1.82. The highest BCUT2D eigenvalue weighted by Gasteiger charge is 2.43. The first-order valence-electron chi connectivity index (χ1n) is 6.45. The van der Waals surface area contributed by atoms with E-state index in [9.17, 15) is 26.7 Å². The number of aryl methyl sites for hydroxylation is 1. The van der Waals surface area contributed by atoms with Gasteiger partial charge in [-0.25, -0.2) is 8.78 Å². The Labute approximate surface area is 135 Å².